The Labute approximate surface area is 137 Å². The van der Waals surface area contributed by atoms with Crippen LogP contribution >= 0.6 is 0 Å². The Bertz CT molecular complexity index is 717. The molecule has 128 valence electrons. The number of fused-ring (bicyclic) bond motifs is 2. The number of ether oxygens (including phenoxy) is 2. The summed E-state index contributed by atoms with van der Waals surface area (Å²) in [6.45, 7) is 0.257. The fraction of sp³-hybridized carbons (Fsp3) is 0.400. The number of methoxy groups -OCH3 is 1. The SMILES string of the molecule is COc1c(OCCO)ccc2c1CN1C(=N2)NC(=O)C1CC(=O)O. The van der Waals surface area contributed by atoms with Gasteiger partial charge in [-0.05, 0) is 12.1 Å². The van der Waals surface area contributed by atoms with E-state index in [1.54, 1.807) is 17.0 Å². The van der Waals surface area contributed by atoms with Crippen molar-refractivity contribution in [3.05, 3.63) is 17.7 Å². The number of aliphatic carboxylic acids is 1. The van der Waals surface area contributed by atoms with Crippen LogP contribution in [0, 0.1) is 0 Å². The summed E-state index contributed by atoms with van der Waals surface area (Å²) in [5.41, 5.74) is 1.31. The van der Waals surface area contributed by atoms with Gasteiger partial charge in [-0.1, -0.05) is 0 Å². The van der Waals surface area contributed by atoms with Crippen molar-refractivity contribution in [2.75, 3.05) is 20.3 Å². The Morgan fingerprint density at radius 2 is 2.29 bits per heavy atom. The lowest BCUT2D eigenvalue weighted by Gasteiger charge is -2.28. The van der Waals surface area contributed by atoms with Gasteiger partial charge in [0.2, 0.25) is 11.9 Å². The molecule has 9 nitrogen and oxygen atoms in total. The first-order valence-corrected chi connectivity index (χ1v) is 7.36. The number of guanidine groups is 1. The average molecular weight is 335 g/mol. The number of carbonyl (C=O) groups is 2. The van der Waals surface area contributed by atoms with Crippen molar-refractivity contribution < 1.29 is 29.3 Å². The van der Waals surface area contributed by atoms with E-state index in [2.05, 4.69) is 10.3 Å². The summed E-state index contributed by atoms with van der Waals surface area (Å²) < 4.78 is 10.9. The van der Waals surface area contributed by atoms with E-state index in [1.807, 2.05) is 0 Å². The first-order valence-electron chi connectivity index (χ1n) is 7.36. The zero-order chi connectivity index (χ0) is 17.3. The average Bonchev–Trinajstić information content (AvgIpc) is 2.85. The molecule has 0 aromatic heterocycles. The lowest BCUT2D eigenvalue weighted by molar-refractivity contribution is -0.140. The highest BCUT2D eigenvalue weighted by atomic mass is 16.5. The van der Waals surface area contributed by atoms with Gasteiger partial charge in [0.05, 0.1) is 32.4 Å². The summed E-state index contributed by atoms with van der Waals surface area (Å²) in [6, 6.07) is 2.59. The second kappa shape index (κ2) is 6.36. The third-order valence-corrected chi connectivity index (χ3v) is 3.86. The summed E-state index contributed by atoms with van der Waals surface area (Å²) in [5, 5.41) is 20.5. The van der Waals surface area contributed by atoms with Crippen LogP contribution in [0.1, 0.15) is 12.0 Å². The number of carboxylic acids is 1. The Hall–Kier alpha value is -2.81. The van der Waals surface area contributed by atoms with E-state index in [4.69, 9.17) is 19.7 Å². The summed E-state index contributed by atoms with van der Waals surface area (Å²) in [4.78, 5) is 29.0. The molecule has 2 aliphatic heterocycles. The highest BCUT2D eigenvalue weighted by Crippen LogP contribution is 2.41. The normalized spacial score (nSPS) is 18.4. The number of aliphatic imine (C=N–C) groups is 1. The number of aliphatic hydroxyl groups excluding tert-OH is 1. The second-order valence-corrected chi connectivity index (χ2v) is 5.33. The van der Waals surface area contributed by atoms with Gasteiger partial charge in [-0.2, -0.15) is 0 Å². The van der Waals surface area contributed by atoms with E-state index in [9.17, 15) is 9.59 Å². The molecule has 1 aromatic carbocycles. The van der Waals surface area contributed by atoms with Crippen LogP contribution in [0.5, 0.6) is 11.5 Å². The van der Waals surface area contributed by atoms with E-state index in [-0.39, 0.29) is 32.1 Å². The van der Waals surface area contributed by atoms with Gasteiger partial charge < -0.3 is 24.6 Å². The molecule has 0 aliphatic carbocycles. The number of benzene rings is 1. The monoisotopic (exact) mass is 335 g/mol. The van der Waals surface area contributed by atoms with Gasteiger partial charge in [-0.25, -0.2) is 4.99 Å². The molecule has 9 heteroatoms. The van der Waals surface area contributed by atoms with Crippen molar-refractivity contribution >= 4 is 23.5 Å². The summed E-state index contributed by atoms with van der Waals surface area (Å²) in [5.74, 6) is -0.201. The van der Waals surface area contributed by atoms with Crippen molar-refractivity contribution in [3.8, 4) is 11.5 Å². The topological polar surface area (TPSA) is 121 Å². The maximum absolute atomic E-state index is 12.0. The molecule has 1 aromatic rings. The number of carboxylic acid groups (broad SMARTS) is 1. The van der Waals surface area contributed by atoms with E-state index >= 15 is 0 Å². The molecule has 2 heterocycles. The Kier molecular flexibility index (Phi) is 4.26. The number of nitrogens with zero attached hydrogens (tertiary/aromatic N) is 2. The Morgan fingerprint density at radius 1 is 1.50 bits per heavy atom. The minimum Gasteiger partial charge on any atom is -0.492 e. The molecule has 0 saturated carbocycles. The van der Waals surface area contributed by atoms with Crippen LogP contribution in [0.2, 0.25) is 0 Å². The molecular weight excluding hydrogens is 318 g/mol. The zero-order valence-corrected chi connectivity index (χ0v) is 13.0. The first-order chi connectivity index (χ1) is 11.5. The third kappa shape index (κ3) is 2.73. The van der Waals surface area contributed by atoms with Crippen molar-refractivity contribution in [1.29, 1.82) is 0 Å². The van der Waals surface area contributed by atoms with E-state index in [0.717, 1.165) is 0 Å². The maximum Gasteiger partial charge on any atom is 0.305 e. The van der Waals surface area contributed by atoms with Gasteiger partial charge in [0, 0.05) is 5.56 Å². The fourth-order valence-corrected chi connectivity index (χ4v) is 2.83. The summed E-state index contributed by atoms with van der Waals surface area (Å²) in [6.07, 6.45) is -0.316. The summed E-state index contributed by atoms with van der Waals surface area (Å²) in [7, 11) is 1.49. The second-order valence-electron chi connectivity index (χ2n) is 5.33. The highest BCUT2D eigenvalue weighted by Gasteiger charge is 2.41. The maximum atomic E-state index is 12.0. The smallest absolute Gasteiger partial charge is 0.305 e. The van der Waals surface area contributed by atoms with Gasteiger partial charge >= 0.3 is 5.97 Å². The molecular formula is C15H17N3O6. The number of rotatable bonds is 6. The lowest BCUT2D eigenvalue weighted by atomic mass is 10.1. The molecule has 3 rings (SSSR count). The van der Waals surface area contributed by atoms with Crippen LogP contribution in [-0.2, 0) is 16.1 Å². The predicted octanol–water partition coefficient (Wildman–Crippen LogP) is -0.158. The van der Waals surface area contributed by atoms with E-state index < -0.39 is 12.0 Å². The van der Waals surface area contributed by atoms with E-state index in [1.165, 1.54) is 7.11 Å². The van der Waals surface area contributed by atoms with Crippen molar-refractivity contribution in [1.82, 2.24) is 10.2 Å². The third-order valence-electron chi connectivity index (χ3n) is 3.86. The molecule has 24 heavy (non-hydrogen) atoms. The quantitative estimate of drug-likeness (QED) is 0.660. The fourth-order valence-electron chi connectivity index (χ4n) is 2.83. The number of amides is 1. The minimum atomic E-state index is -1.06. The number of carbonyl (C=O) groups excluding carboxylic acids is 1. The molecule has 1 saturated heterocycles. The van der Waals surface area contributed by atoms with Crippen LogP contribution in [0.3, 0.4) is 0 Å². The Balaban J connectivity index is 1.96. The molecule has 1 amide bonds. The molecule has 2 aliphatic rings. The van der Waals surface area contributed by atoms with Gasteiger partial charge in [0.1, 0.15) is 12.6 Å². The molecule has 1 unspecified atom stereocenters. The van der Waals surface area contributed by atoms with Gasteiger partial charge in [-0.3, -0.25) is 14.9 Å². The van der Waals surface area contributed by atoms with Crippen molar-refractivity contribution in [3.63, 3.8) is 0 Å². The molecule has 3 N–H and O–H groups in total. The highest BCUT2D eigenvalue weighted by molar-refractivity contribution is 6.08. The van der Waals surface area contributed by atoms with Gasteiger partial charge in [0.15, 0.2) is 11.5 Å². The van der Waals surface area contributed by atoms with Crippen LogP contribution in [0.4, 0.5) is 5.69 Å². The number of nitrogens with one attached hydrogen (secondary N) is 1. The number of hydrogen-bond donors (Lipinski definition) is 3. The van der Waals surface area contributed by atoms with Crippen LogP contribution < -0.4 is 14.8 Å². The lowest BCUT2D eigenvalue weighted by Crippen LogP contribution is -2.38. The van der Waals surface area contributed by atoms with Crippen molar-refractivity contribution in [2.24, 2.45) is 4.99 Å². The molecule has 0 radical (unpaired) electrons. The molecule has 1 atom stereocenters. The number of aliphatic hydroxyl groups is 1. The Morgan fingerprint density at radius 3 is 2.96 bits per heavy atom. The number of hydrogen-bond acceptors (Lipinski definition) is 7. The van der Waals surface area contributed by atoms with Crippen molar-refractivity contribution in [2.45, 2.75) is 19.0 Å². The molecule has 1 fully saturated rings. The minimum absolute atomic E-state index is 0.120. The van der Waals surface area contributed by atoms with E-state index in [0.29, 0.717) is 28.7 Å². The molecule has 0 spiro atoms. The molecule has 0 bridgehead atoms. The van der Waals surface area contributed by atoms with Crippen LogP contribution in [-0.4, -0.2) is 59.3 Å². The van der Waals surface area contributed by atoms with Gasteiger partial charge in [-0.15, -0.1) is 0 Å². The van der Waals surface area contributed by atoms with Crippen LogP contribution in [0.15, 0.2) is 17.1 Å². The zero-order valence-electron chi connectivity index (χ0n) is 13.0. The standard InChI is InChI=1S/C15H17N3O6/c1-23-13-8-7-18-10(6-12(20)21)14(22)17-15(18)16-9(8)2-3-11(13)24-5-4-19/h2-3,10,19H,4-7H2,1H3,(H,20,21)(H,16,17,22). The largest absolute Gasteiger partial charge is 0.492 e. The van der Waals surface area contributed by atoms with Crippen LogP contribution in [0.25, 0.3) is 0 Å². The first kappa shape index (κ1) is 16.1. The summed E-state index contributed by atoms with van der Waals surface area (Å²) >= 11 is 0. The predicted molar refractivity (Wildman–Crippen MR) is 82.4 cm³/mol. The van der Waals surface area contributed by atoms with Gasteiger partial charge in [0.25, 0.3) is 0 Å².